The Morgan fingerprint density at radius 2 is 1.81 bits per heavy atom. The Bertz CT molecular complexity index is 283. The van der Waals surface area contributed by atoms with Crippen molar-refractivity contribution in [2.24, 2.45) is 10.8 Å². The standard InChI is InChI=1S/C10H19N5O/c11-15-10(14-8-3-4-8)12-6-5-9(16)13-7-1-2-7/h7-8H,1-6,11H2,(H,13,16)(H2,12,14,15). The monoisotopic (exact) mass is 225 g/mol. The van der Waals surface area contributed by atoms with Crippen LogP contribution in [0.15, 0.2) is 4.99 Å². The molecule has 6 heteroatoms. The second kappa shape index (κ2) is 5.16. The molecule has 2 fully saturated rings. The van der Waals surface area contributed by atoms with Gasteiger partial charge in [0.2, 0.25) is 11.9 Å². The first kappa shape index (κ1) is 11.2. The summed E-state index contributed by atoms with van der Waals surface area (Å²) in [6.45, 7) is 0.470. The predicted molar refractivity (Wildman–Crippen MR) is 61.6 cm³/mol. The van der Waals surface area contributed by atoms with Crippen molar-refractivity contribution in [1.82, 2.24) is 16.1 Å². The molecule has 5 N–H and O–H groups in total. The summed E-state index contributed by atoms with van der Waals surface area (Å²) in [7, 11) is 0. The first-order valence-electron chi connectivity index (χ1n) is 5.85. The number of rotatable bonds is 5. The van der Waals surface area contributed by atoms with E-state index in [0.717, 1.165) is 12.8 Å². The van der Waals surface area contributed by atoms with E-state index in [4.69, 9.17) is 5.84 Å². The Morgan fingerprint density at radius 3 is 2.38 bits per heavy atom. The van der Waals surface area contributed by atoms with Gasteiger partial charge in [-0.15, -0.1) is 0 Å². The van der Waals surface area contributed by atoms with E-state index in [1.807, 2.05) is 0 Å². The van der Waals surface area contributed by atoms with Gasteiger partial charge in [0.05, 0.1) is 6.54 Å². The quantitative estimate of drug-likeness (QED) is 0.214. The molecule has 6 nitrogen and oxygen atoms in total. The maximum absolute atomic E-state index is 11.3. The van der Waals surface area contributed by atoms with Gasteiger partial charge in [0.15, 0.2) is 0 Å². The fourth-order valence-electron chi connectivity index (χ4n) is 1.35. The molecule has 2 aliphatic carbocycles. The molecule has 0 aromatic carbocycles. The second-order valence-corrected chi connectivity index (χ2v) is 4.39. The van der Waals surface area contributed by atoms with Crippen LogP contribution in [-0.2, 0) is 4.79 Å². The summed E-state index contributed by atoms with van der Waals surface area (Å²) in [6.07, 6.45) is 5.00. The Kier molecular flexibility index (Phi) is 3.61. The van der Waals surface area contributed by atoms with Crippen LogP contribution in [0.2, 0.25) is 0 Å². The Hall–Kier alpha value is -1.30. The molecule has 0 bridgehead atoms. The molecular formula is C10H19N5O. The third-order valence-electron chi connectivity index (χ3n) is 2.61. The van der Waals surface area contributed by atoms with E-state index in [0.29, 0.717) is 31.0 Å². The van der Waals surface area contributed by atoms with Crippen LogP contribution in [-0.4, -0.2) is 30.5 Å². The molecule has 0 heterocycles. The molecule has 2 saturated carbocycles. The van der Waals surface area contributed by atoms with Gasteiger partial charge in [0.1, 0.15) is 0 Å². The van der Waals surface area contributed by atoms with Crippen LogP contribution in [0, 0.1) is 0 Å². The molecule has 0 spiro atoms. The Labute approximate surface area is 95.0 Å². The highest BCUT2D eigenvalue weighted by Crippen LogP contribution is 2.19. The highest BCUT2D eigenvalue weighted by Gasteiger charge is 2.23. The molecule has 2 aliphatic rings. The molecule has 0 unspecified atom stereocenters. The number of hydrogen-bond donors (Lipinski definition) is 4. The number of carbonyl (C=O) groups excluding carboxylic acids is 1. The van der Waals surface area contributed by atoms with E-state index < -0.39 is 0 Å². The lowest BCUT2D eigenvalue weighted by atomic mass is 10.4. The zero-order valence-electron chi connectivity index (χ0n) is 9.33. The zero-order chi connectivity index (χ0) is 11.4. The summed E-state index contributed by atoms with van der Waals surface area (Å²) >= 11 is 0. The topological polar surface area (TPSA) is 91.5 Å². The van der Waals surface area contributed by atoms with E-state index >= 15 is 0 Å². The maximum Gasteiger partial charge on any atom is 0.222 e. The van der Waals surface area contributed by atoms with Crippen LogP contribution in [0.3, 0.4) is 0 Å². The highest BCUT2D eigenvalue weighted by molar-refractivity contribution is 5.81. The van der Waals surface area contributed by atoms with Crippen LogP contribution in [0.5, 0.6) is 0 Å². The first-order chi connectivity index (χ1) is 7.78. The van der Waals surface area contributed by atoms with Crippen molar-refractivity contribution < 1.29 is 4.79 Å². The van der Waals surface area contributed by atoms with Crippen LogP contribution >= 0.6 is 0 Å². The van der Waals surface area contributed by atoms with Crippen LogP contribution in [0.1, 0.15) is 32.1 Å². The average Bonchev–Trinajstić information content (AvgIpc) is 3.10. The van der Waals surface area contributed by atoms with Gasteiger partial charge in [-0.05, 0) is 25.7 Å². The fraction of sp³-hybridized carbons (Fsp3) is 0.800. The molecule has 2 rings (SSSR count). The highest BCUT2D eigenvalue weighted by atomic mass is 16.1. The van der Waals surface area contributed by atoms with Crippen molar-refractivity contribution in [3.63, 3.8) is 0 Å². The van der Waals surface area contributed by atoms with Gasteiger partial charge in [-0.25, -0.2) is 5.84 Å². The van der Waals surface area contributed by atoms with Gasteiger partial charge >= 0.3 is 0 Å². The lowest BCUT2D eigenvalue weighted by Gasteiger charge is -2.07. The Morgan fingerprint density at radius 1 is 1.19 bits per heavy atom. The third-order valence-corrected chi connectivity index (χ3v) is 2.61. The average molecular weight is 225 g/mol. The summed E-state index contributed by atoms with van der Waals surface area (Å²) in [4.78, 5) is 15.5. The van der Waals surface area contributed by atoms with Crippen LogP contribution < -0.4 is 21.9 Å². The van der Waals surface area contributed by atoms with Gasteiger partial charge < -0.3 is 10.6 Å². The SMILES string of the molecule is NNC(=NCCC(=O)NC1CC1)NC1CC1. The number of nitrogens with zero attached hydrogens (tertiary/aromatic N) is 1. The number of nitrogens with one attached hydrogen (secondary N) is 3. The van der Waals surface area contributed by atoms with Crippen molar-refractivity contribution >= 4 is 11.9 Å². The van der Waals surface area contributed by atoms with Crippen molar-refractivity contribution in [3.8, 4) is 0 Å². The fourth-order valence-corrected chi connectivity index (χ4v) is 1.35. The summed E-state index contributed by atoms with van der Waals surface area (Å²) in [6, 6.07) is 0.934. The largest absolute Gasteiger partial charge is 0.353 e. The summed E-state index contributed by atoms with van der Waals surface area (Å²) in [5.41, 5.74) is 2.51. The van der Waals surface area contributed by atoms with Crippen molar-refractivity contribution in [2.45, 2.75) is 44.2 Å². The number of nitrogens with two attached hydrogens (primary N) is 1. The number of carbonyl (C=O) groups is 1. The van der Waals surface area contributed by atoms with Gasteiger partial charge in [0.25, 0.3) is 0 Å². The minimum Gasteiger partial charge on any atom is -0.353 e. The molecule has 0 aromatic rings. The minimum absolute atomic E-state index is 0.0778. The molecule has 1 amide bonds. The van der Waals surface area contributed by atoms with Gasteiger partial charge in [0, 0.05) is 18.5 Å². The number of hydrogen-bond acceptors (Lipinski definition) is 3. The maximum atomic E-state index is 11.3. The smallest absolute Gasteiger partial charge is 0.222 e. The van der Waals surface area contributed by atoms with Crippen LogP contribution in [0.25, 0.3) is 0 Å². The van der Waals surface area contributed by atoms with Gasteiger partial charge in [-0.2, -0.15) is 0 Å². The molecule has 0 atom stereocenters. The second-order valence-electron chi connectivity index (χ2n) is 4.39. The Balaban J connectivity index is 1.62. The third kappa shape index (κ3) is 4.06. The van der Waals surface area contributed by atoms with E-state index in [9.17, 15) is 4.79 Å². The number of aliphatic imine (C=N–C) groups is 1. The number of hydrazine groups is 1. The molecule has 16 heavy (non-hydrogen) atoms. The summed E-state index contributed by atoms with van der Waals surface area (Å²) in [5, 5.41) is 6.07. The van der Waals surface area contributed by atoms with E-state index in [1.54, 1.807) is 0 Å². The molecular weight excluding hydrogens is 206 g/mol. The van der Waals surface area contributed by atoms with E-state index in [2.05, 4.69) is 21.1 Å². The number of amides is 1. The zero-order valence-corrected chi connectivity index (χ0v) is 9.33. The summed E-state index contributed by atoms with van der Waals surface area (Å²) in [5.74, 6) is 5.98. The van der Waals surface area contributed by atoms with E-state index in [1.165, 1.54) is 12.8 Å². The summed E-state index contributed by atoms with van der Waals surface area (Å²) < 4.78 is 0. The van der Waals surface area contributed by atoms with Crippen LogP contribution in [0.4, 0.5) is 0 Å². The van der Waals surface area contributed by atoms with Crippen molar-refractivity contribution in [3.05, 3.63) is 0 Å². The van der Waals surface area contributed by atoms with Crippen molar-refractivity contribution in [1.29, 1.82) is 0 Å². The predicted octanol–water partition coefficient (Wildman–Crippen LogP) is -0.774. The van der Waals surface area contributed by atoms with Crippen molar-refractivity contribution in [2.75, 3.05) is 6.54 Å². The lowest BCUT2D eigenvalue weighted by molar-refractivity contribution is -0.121. The molecule has 0 aliphatic heterocycles. The molecule has 0 saturated heterocycles. The molecule has 90 valence electrons. The molecule has 0 aromatic heterocycles. The van der Waals surface area contributed by atoms with Gasteiger partial charge in [-0.3, -0.25) is 15.2 Å². The van der Waals surface area contributed by atoms with E-state index in [-0.39, 0.29) is 5.91 Å². The lowest BCUT2D eigenvalue weighted by Crippen LogP contribution is -2.42. The first-order valence-corrected chi connectivity index (χ1v) is 5.85. The van der Waals surface area contributed by atoms with Gasteiger partial charge in [-0.1, -0.05) is 0 Å². The minimum atomic E-state index is 0.0778. The number of guanidine groups is 1. The molecule has 0 radical (unpaired) electrons. The normalized spacial score (nSPS) is 20.4.